The summed E-state index contributed by atoms with van der Waals surface area (Å²) in [5.74, 6) is 1.57. The summed E-state index contributed by atoms with van der Waals surface area (Å²) < 4.78 is 6.12. The summed E-state index contributed by atoms with van der Waals surface area (Å²) in [4.78, 5) is 0. The van der Waals surface area contributed by atoms with Crippen LogP contribution in [0.25, 0.3) is 0 Å². The average Bonchev–Trinajstić information content (AvgIpc) is 2.19. The minimum absolute atomic E-state index is 0.300. The maximum atomic E-state index is 6.12. The number of ether oxygens (including phenoxy) is 1. The molecule has 1 fully saturated rings. The third-order valence-electron chi connectivity index (χ3n) is 3.81. The summed E-state index contributed by atoms with van der Waals surface area (Å²) >= 11 is 0. The average molecular weight is 247 g/mol. The van der Waals surface area contributed by atoms with Gasteiger partial charge in [0.1, 0.15) is 5.75 Å². The summed E-state index contributed by atoms with van der Waals surface area (Å²) in [5.41, 5.74) is 8.33. The van der Waals surface area contributed by atoms with Crippen molar-refractivity contribution in [2.75, 3.05) is 5.73 Å². The Hall–Kier alpha value is -1.18. The quantitative estimate of drug-likeness (QED) is 0.796. The number of rotatable bonds is 2. The van der Waals surface area contributed by atoms with E-state index in [9.17, 15) is 0 Å². The van der Waals surface area contributed by atoms with Gasteiger partial charge in [-0.3, -0.25) is 0 Å². The van der Waals surface area contributed by atoms with E-state index in [-0.39, 0.29) is 0 Å². The van der Waals surface area contributed by atoms with Crippen LogP contribution in [0.1, 0.15) is 45.6 Å². The summed E-state index contributed by atoms with van der Waals surface area (Å²) in [6.45, 7) is 9.02. The minimum atomic E-state index is 0.300. The van der Waals surface area contributed by atoms with E-state index in [1.807, 2.05) is 19.1 Å². The topological polar surface area (TPSA) is 35.2 Å². The lowest BCUT2D eigenvalue weighted by Crippen LogP contribution is -2.34. The Morgan fingerprint density at radius 2 is 2.00 bits per heavy atom. The Bertz CT molecular complexity index is 425. The van der Waals surface area contributed by atoms with Gasteiger partial charge in [-0.15, -0.1) is 0 Å². The fraction of sp³-hybridized carbons (Fsp3) is 0.625. The van der Waals surface area contributed by atoms with E-state index in [1.54, 1.807) is 0 Å². The van der Waals surface area contributed by atoms with Crippen LogP contribution in [0.4, 0.5) is 5.69 Å². The highest BCUT2D eigenvalue weighted by molar-refractivity contribution is 5.54. The molecule has 1 aromatic rings. The fourth-order valence-electron chi connectivity index (χ4n) is 3.30. The van der Waals surface area contributed by atoms with Crippen LogP contribution in [0.2, 0.25) is 0 Å². The van der Waals surface area contributed by atoms with Crippen molar-refractivity contribution in [1.29, 1.82) is 0 Å². The standard InChI is InChI=1S/C16H25NO/c1-11-5-6-15(14(17)8-11)18-13-7-12(2)9-16(3,4)10-13/h5-6,8,12-13H,7,9-10,17H2,1-4H3. The molecule has 100 valence electrons. The van der Waals surface area contributed by atoms with Crippen LogP contribution in [-0.2, 0) is 0 Å². The van der Waals surface area contributed by atoms with Crippen molar-refractivity contribution < 1.29 is 4.74 Å². The van der Waals surface area contributed by atoms with Crippen molar-refractivity contribution in [1.82, 2.24) is 0 Å². The van der Waals surface area contributed by atoms with Crippen molar-refractivity contribution in [2.45, 2.75) is 53.1 Å². The lowest BCUT2D eigenvalue weighted by molar-refractivity contribution is 0.0567. The second-order valence-electron chi connectivity index (χ2n) is 6.69. The maximum Gasteiger partial charge on any atom is 0.142 e. The van der Waals surface area contributed by atoms with Gasteiger partial charge < -0.3 is 10.5 Å². The second kappa shape index (κ2) is 4.83. The minimum Gasteiger partial charge on any atom is -0.488 e. The molecule has 1 aromatic carbocycles. The molecule has 1 saturated carbocycles. The Balaban J connectivity index is 2.09. The van der Waals surface area contributed by atoms with Gasteiger partial charge in [0.2, 0.25) is 0 Å². The number of hydrogen-bond acceptors (Lipinski definition) is 2. The molecule has 0 bridgehead atoms. The van der Waals surface area contributed by atoms with Gasteiger partial charge in [0.15, 0.2) is 0 Å². The summed E-state index contributed by atoms with van der Waals surface area (Å²) in [7, 11) is 0. The smallest absolute Gasteiger partial charge is 0.142 e. The summed E-state index contributed by atoms with van der Waals surface area (Å²) in [6, 6.07) is 6.03. The molecule has 2 rings (SSSR count). The zero-order valence-corrected chi connectivity index (χ0v) is 12.0. The first-order valence-electron chi connectivity index (χ1n) is 6.88. The number of benzene rings is 1. The lowest BCUT2D eigenvalue weighted by atomic mass is 9.71. The van der Waals surface area contributed by atoms with Crippen LogP contribution in [-0.4, -0.2) is 6.10 Å². The molecular formula is C16H25NO. The molecule has 2 N–H and O–H groups in total. The molecule has 2 nitrogen and oxygen atoms in total. The van der Waals surface area contributed by atoms with Crippen LogP contribution in [0.5, 0.6) is 5.75 Å². The molecule has 2 heteroatoms. The molecule has 1 aliphatic rings. The Labute approximate surface area is 111 Å². The van der Waals surface area contributed by atoms with Crippen LogP contribution < -0.4 is 10.5 Å². The molecule has 1 aliphatic carbocycles. The molecule has 18 heavy (non-hydrogen) atoms. The summed E-state index contributed by atoms with van der Waals surface area (Å²) in [6.07, 6.45) is 3.84. The SMILES string of the molecule is Cc1ccc(OC2CC(C)CC(C)(C)C2)c(N)c1. The van der Waals surface area contributed by atoms with E-state index >= 15 is 0 Å². The molecule has 0 aliphatic heterocycles. The lowest BCUT2D eigenvalue weighted by Gasteiger charge is -2.39. The first-order valence-corrected chi connectivity index (χ1v) is 6.88. The number of hydrogen-bond donors (Lipinski definition) is 1. The first kappa shape index (κ1) is 13.3. The van der Waals surface area contributed by atoms with Crippen molar-refractivity contribution in [2.24, 2.45) is 11.3 Å². The van der Waals surface area contributed by atoms with Gasteiger partial charge in [0.05, 0.1) is 11.8 Å². The monoisotopic (exact) mass is 247 g/mol. The van der Waals surface area contributed by atoms with E-state index in [0.717, 1.165) is 30.2 Å². The number of nitrogen functional groups attached to an aromatic ring is 1. The van der Waals surface area contributed by atoms with E-state index < -0.39 is 0 Å². The van der Waals surface area contributed by atoms with E-state index in [2.05, 4.69) is 26.8 Å². The van der Waals surface area contributed by atoms with Gasteiger partial charge in [0.25, 0.3) is 0 Å². The van der Waals surface area contributed by atoms with Gasteiger partial charge in [-0.25, -0.2) is 0 Å². The van der Waals surface area contributed by atoms with Crippen molar-refractivity contribution in [3.8, 4) is 5.75 Å². The van der Waals surface area contributed by atoms with Gasteiger partial charge in [-0.2, -0.15) is 0 Å². The zero-order chi connectivity index (χ0) is 13.3. The van der Waals surface area contributed by atoms with E-state index in [1.165, 1.54) is 12.0 Å². The Morgan fingerprint density at radius 3 is 2.61 bits per heavy atom. The molecule has 0 amide bonds. The predicted octanol–water partition coefficient (Wildman–Crippen LogP) is 4.17. The van der Waals surface area contributed by atoms with Gasteiger partial charge in [-0.1, -0.05) is 26.8 Å². The van der Waals surface area contributed by atoms with Crippen molar-refractivity contribution in [3.63, 3.8) is 0 Å². The van der Waals surface area contributed by atoms with Gasteiger partial charge >= 0.3 is 0 Å². The number of anilines is 1. The van der Waals surface area contributed by atoms with Crippen LogP contribution >= 0.6 is 0 Å². The van der Waals surface area contributed by atoms with Crippen LogP contribution in [0, 0.1) is 18.3 Å². The van der Waals surface area contributed by atoms with E-state index in [0.29, 0.717) is 11.5 Å². The third-order valence-corrected chi connectivity index (χ3v) is 3.81. The highest BCUT2D eigenvalue weighted by Gasteiger charge is 2.33. The van der Waals surface area contributed by atoms with Crippen LogP contribution in [0.3, 0.4) is 0 Å². The number of nitrogens with two attached hydrogens (primary N) is 1. The zero-order valence-electron chi connectivity index (χ0n) is 12.0. The first-order chi connectivity index (χ1) is 8.35. The Morgan fingerprint density at radius 1 is 1.28 bits per heavy atom. The van der Waals surface area contributed by atoms with Gasteiger partial charge in [-0.05, 0) is 55.2 Å². The maximum absolute atomic E-state index is 6.12. The molecule has 2 atom stereocenters. The number of aryl methyl sites for hydroxylation is 1. The largest absolute Gasteiger partial charge is 0.488 e. The molecule has 2 unspecified atom stereocenters. The molecule has 0 radical (unpaired) electrons. The molecule has 0 heterocycles. The highest BCUT2D eigenvalue weighted by Crippen LogP contribution is 2.40. The molecule has 0 saturated heterocycles. The van der Waals surface area contributed by atoms with E-state index in [4.69, 9.17) is 10.5 Å². The second-order valence-corrected chi connectivity index (χ2v) is 6.69. The summed E-state index contributed by atoms with van der Waals surface area (Å²) in [5, 5.41) is 0. The predicted molar refractivity (Wildman–Crippen MR) is 76.8 cm³/mol. The van der Waals surface area contributed by atoms with Crippen LogP contribution in [0.15, 0.2) is 18.2 Å². The Kier molecular flexibility index (Phi) is 3.56. The molecule has 0 spiro atoms. The van der Waals surface area contributed by atoms with Crippen molar-refractivity contribution >= 4 is 5.69 Å². The third kappa shape index (κ3) is 3.18. The highest BCUT2D eigenvalue weighted by atomic mass is 16.5. The molecule has 0 aromatic heterocycles. The van der Waals surface area contributed by atoms with Crippen molar-refractivity contribution in [3.05, 3.63) is 23.8 Å². The normalized spacial score (nSPS) is 26.9. The van der Waals surface area contributed by atoms with Gasteiger partial charge in [0, 0.05) is 0 Å². The molecular weight excluding hydrogens is 222 g/mol. The fourth-order valence-corrected chi connectivity index (χ4v) is 3.30.